The minimum atomic E-state index is -0.457. The highest BCUT2D eigenvalue weighted by Crippen LogP contribution is 2.30. The second-order valence-electron chi connectivity index (χ2n) is 5.78. The first-order chi connectivity index (χ1) is 8.93. The summed E-state index contributed by atoms with van der Waals surface area (Å²) in [5.41, 5.74) is 0.677. The van der Waals surface area contributed by atoms with Gasteiger partial charge in [-0.15, -0.1) is 0 Å². The zero-order chi connectivity index (χ0) is 14.0. The Kier molecular flexibility index (Phi) is 4.78. The van der Waals surface area contributed by atoms with Gasteiger partial charge in [0.05, 0.1) is 16.1 Å². The van der Waals surface area contributed by atoms with E-state index in [0.29, 0.717) is 16.5 Å². The first-order valence-electron chi connectivity index (χ1n) is 6.79. The number of hydrogen-bond donors (Lipinski definition) is 1. The molecule has 2 rings (SSSR count). The van der Waals surface area contributed by atoms with Crippen molar-refractivity contribution in [2.75, 3.05) is 13.1 Å². The number of aliphatic hydroxyl groups excluding tert-OH is 1. The Bertz CT molecular complexity index is 442. The molecule has 1 N–H and O–H groups in total. The van der Waals surface area contributed by atoms with Crippen LogP contribution >= 0.6 is 23.2 Å². The Morgan fingerprint density at radius 3 is 2.53 bits per heavy atom. The van der Waals surface area contributed by atoms with Crippen LogP contribution in [-0.4, -0.2) is 34.7 Å². The predicted molar refractivity (Wildman–Crippen MR) is 81.1 cm³/mol. The summed E-state index contributed by atoms with van der Waals surface area (Å²) in [6.07, 6.45) is 2.51. The van der Waals surface area contributed by atoms with E-state index < -0.39 is 6.10 Å². The third kappa shape index (κ3) is 3.25. The quantitative estimate of drug-likeness (QED) is 0.915. The molecule has 1 fully saturated rings. The summed E-state index contributed by atoms with van der Waals surface area (Å²) < 4.78 is 0. The Balaban J connectivity index is 2.11. The van der Waals surface area contributed by atoms with Crippen LogP contribution in [0.4, 0.5) is 0 Å². The Morgan fingerprint density at radius 2 is 1.89 bits per heavy atom. The first-order valence-corrected chi connectivity index (χ1v) is 7.54. The number of rotatable bonds is 4. The van der Waals surface area contributed by atoms with Crippen LogP contribution in [0, 0.1) is 0 Å². The molecule has 106 valence electrons. The van der Waals surface area contributed by atoms with Crippen molar-refractivity contribution in [2.45, 2.75) is 44.8 Å². The minimum Gasteiger partial charge on any atom is -0.391 e. The normalized spacial score (nSPS) is 18.8. The van der Waals surface area contributed by atoms with Gasteiger partial charge in [0, 0.05) is 12.0 Å². The van der Waals surface area contributed by atoms with Gasteiger partial charge in [-0.25, -0.2) is 0 Å². The molecule has 1 unspecified atom stereocenters. The molecule has 1 aliphatic heterocycles. The lowest BCUT2D eigenvalue weighted by Crippen LogP contribution is -2.51. The zero-order valence-corrected chi connectivity index (χ0v) is 13.0. The van der Waals surface area contributed by atoms with Crippen LogP contribution in [0.3, 0.4) is 0 Å². The second-order valence-corrected chi connectivity index (χ2v) is 6.57. The van der Waals surface area contributed by atoms with Gasteiger partial charge in [0.1, 0.15) is 0 Å². The summed E-state index contributed by atoms with van der Waals surface area (Å²) in [7, 11) is 0. The molecular formula is C15H21Cl2NO. The monoisotopic (exact) mass is 301 g/mol. The molecule has 1 atom stereocenters. The van der Waals surface area contributed by atoms with Crippen molar-refractivity contribution in [2.24, 2.45) is 0 Å². The predicted octanol–water partition coefficient (Wildman–Crippen LogP) is 3.77. The smallest absolute Gasteiger partial charge is 0.0759 e. The van der Waals surface area contributed by atoms with Crippen LogP contribution < -0.4 is 0 Å². The van der Waals surface area contributed by atoms with Crippen LogP contribution in [0.15, 0.2) is 18.2 Å². The van der Waals surface area contributed by atoms with Crippen molar-refractivity contribution in [3.63, 3.8) is 0 Å². The van der Waals surface area contributed by atoms with Crippen molar-refractivity contribution >= 4 is 23.2 Å². The van der Waals surface area contributed by atoms with Gasteiger partial charge in [-0.05, 0) is 51.4 Å². The second kappa shape index (κ2) is 6.01. The van der Waals surface area contributed by atoms with Crippen LogP contribution in [0.1, 0.15) is 32.3 Å². The lowest BCUT2D eigenvalue weighted by molar-refractivity contribution is 0.00338. The maximum absolute atomic E-state index is 10.6. The van der Waals surface area contributed by atoms with E-state index in [0.717, 1.165) is 18.7 Å². The van der Waals surface area contributed by atoms with Gasteiger partial charge in [-0.1, -0.05) is 35.3 Å². The standard InChI is InChI=1S/C15H21Cl2NO/c1-15(2,18-8-3-4-9-18)13(19)10-11-6-5-7-12(16)14(11)17/h5-7,13,19H,3-4,8-10H2,1-2H3. The Morgan fingerprint density at radius 1 is 1.26 bits per heavy atom. The summed E-state index contributed by atoms with van der Waals surface area (Å²) >= 11 is 12.2. The molecule has 0 bridgehead atoms. The van der Waals surface area contributed by atoms with Crippen molar-refractivity contribution in [1.82, 2.24) is 4.90 Å². The molecule has 0 radical (unpaired) electrons. The Hall–Kier alpha value is -0.280. The number of likely N-dealkylation sites (tertiary alicyclic amines) is 1. The van der Waals surface area contributed by atoms with E-state index in [-0.39, 0.29) is 5.54 Å². The lowest BCUT2D eigenvalue weighted by atomic mass is 9.90. The van der Waals surface area contributed by atoms with Gasteiger partial charge < -0.3 is 5.11 Å². The van der Waals surface area contributed by atoms with E-state index in [1.807, 2.05) is 12.1 Å². The molecule has 0 aromatic heterocycles. The lowest BCUT2D eigenvalue weighted by Gasteiger charge is -2.39. The molecule has 4 heteroatoms. The van der Waals surface area contributed by atoms with E-state index in [2.05, 4.69) is 18.7 Å². The minimum absolute atomic E-state index is 0.234. The number of halogens is 2. The molecule has 1 aliphatic rings. The third-order valence-electron chi connectivity index (χ3n) is 4.18. The van der Waals surface area contributed by atoms with Crippen molar-refractivity contribution in [1.29, 1.82) is 0 Å². The highest BCUT2D eigenvalue weighted by Gasteiger charge is 2.35. The first kappa shape index (κ1) is 15.1. The van der Waals surface area contributed by atoms with E-state index in [1.165, 1.54) is 12.8 Å². The molecule has 0 amide bonds. The molecule has 0 spiro atoms. The fourth-order valence-electron chi connectivity index (χ4n) is 2.67. The fraction of sp³-hybridized carbons (Fsp3) is 0.600. The average Bonchev–Trinajstić information content (AvgIpc) is 2.89. The molecule has 1 aromatic rings. The summed E-state index contributed by atoms with van der Waals surface area (Å²) in [5.74, 6) is 0. The molecule has 1 heterocycles. The number of aliphatic hydroxyl groups is 1. The van der Waals surface area contributed by atoms with Crippen LogP contribution in [0.2, 0.25) is 10.0 Å². The molecule has 0 aliphatic carbocycles. The third-order valence-corrected chi connectivity index (χ3v) is 5.04. The highest BCUT2D eigenvalue weighted by molar-refractivity contribution is 6.42. The van der Waals surface area contributed by atoms with Crippen LogP contribution in [0.5, 0.6) is 0 Å². The maximum Gasteiger partial charge on any atom is 0.0759 e. The summed E-state index contributed by atoms with van der Waals surface area (Å²) in [5, 5.41) is 11.7. The van der Waals surface area contributed by atoms with Crippen molar-refractivity contribution in [3.05, 3.63) is 33.8 Å². The van der Waals surface area contributed by atoms with Crippen molar-refractivity contribution < 1.29 is 5.11 Å². The zero-order valence-electron chi connectivity index (χ0n) is 11.5. The maximum atomic E-state index is 10.6. The molecule has 0 saturated carbocycles. The van der Waals surface area contributed by atoms with E-state index in [1.54, 1.807) is 6.07 Å². The van der Waals surface area contributed by atoms with Crippen LogP contribution in [0.25, 0.3) is 0 Å². The van der Waals surface area contributed by atoms with E-state index in [4.69, 9.17) is 23.2 Å². The summed E-state index contributed by atoms with van der Waals surface area (Å²) in [4.78, 5) is 2.36. The van der Waals surface area contributed by atoms with Crippen molar-refractivity contribution in [3.8, 4) is 0 Å². The van der Waals surface area contributed by atoms with Gasteiger partial charge in [0.15, 0.2) is 0 Å². The van der Waals surface area contributed by atoms with Crippen LogP contribution in [-0.2, 0) is 6.42 Å². The van der Waals surface area contributed by atoms with Gasteiger partial charge in [-0.2, -0.15) is 0 Å². The Labute approximate surface area is 125 Å². The fourth-order valence-corrected chi connectivity index (χ4v) is 3.07. The molecule has 2 nitrogen and oxygen atoms in total. The largest absolute Gasteiger partial charge is 0.391 e. The average molecular weight is 302 g/mol. The molecular weight excluding hydrogens is 281 g/mol. The SMILES string of the molecule is CC(C)(C(O)Cc1cccc(Cl)c1Cl)N1CCCC1. The molecule has 19 heavy (non-hydrogen) atoms. The summed E-state index contributed by atoms with van der Waals surface area (Å²) in [6, 6.07) is 5.57. The van der Waals surface area contributed by atoms with E-state index in [9.17, 15) is 5.11 Å². The number of hydrogen-bond acceptors (Lipinski definition) is 2. The van der Waals surface area contributed by atoms with E-state index >= 15 is 0 Å². The molecule has 1 saturated heterocycles. The topological polar surface area (TPSA) is 23.5 Å². The van der Waals surface area contributed by atoms with Gasteiger partial charge in [0.2, 0.25) is 0 Å². The number of nitrogens with zero attached hydrogens (tertiary/aromatic N) is 1. The molecule has 1 aromatic carbocycles. The van der Waals surface area contributed by atoms with Gasteiger partial charge >= 0.3 is 0 Å². The van der Waals surface area contributed by atoms with Gasteiger partial charge in [-0.3, -0.25) is 4.90 Å². The number of benzene rings is 1. The summed E-state index contributed by atoms with van der Waals surface area (Å²) in [6.45, 7) is 6.32. The van der Waals surface area contributed by atoms with Gasteiger partial charge in [0.25, 0.3) is 0 Å². The highest BCUT2D eigenvalue weighted by atomic mass is 35.5.